The standard InChI is InChI=1S/C13H13FN2O5/c14-8-3-7-1-2-11(17)15-9(7)4-10(8)16-12(18)5-21-6-13(19)20/h3-4H,1-2,5-6H2,(H,15,17)(H,16,18)(H,19,20). The van der Waals surface area contributed by atoms with Crippen molar-refractivity contribution in [3.63, 3.8) is 0 Å². The summed E-state index contributed by atoms with van der Waals surface area (Å²) in [5.74, 6) is -2.68. The van der Waals surface area contributed by atoms with E-state index in [0.29, 0.717) is 24.1 Å². The van der Waals surface area contributed by atoms with Crippen LogP contribution in [0.15, 0.2) is 12.1 Å². The monoisotopic (exact) mass is 296 g/mol. The number of hydrogen-bond acceptors (Lipinski definition) is 4. The van der Waals surface area contributed by atoms with Crippen LogP contribution in [0.5, 0.6) is 0 Å². The van der Waals surface area contributed by atoms with Crippen LogP contribution in [0, 0.1) is 5.82 Å². The SMILES string of the molecule is O=C(O)COCC(=O)Nc1cc2c(cc1F)CCC(=O)N2. The van der Waals surface area contributed by atoms with Crippen LogP contribution in [0.1, 0.15) is 12.0 Å². The molecule has 0 saturated heterocycles. The number of carbonyl (C=O) groups is 3. The molecule has 0 radical (unpaired) electrons. The molecule has 1 aromatic rings. The Balaban J connectivity index is 2.03. The smallest absolute Gasteiger partial charge is 0.329 e. The van der Waals surface area contributed by atoms with Gasteiger partial charge in [0.25, 0.3) is 0 Å². The summed E-state index contributed by atoms with van der Waals surface area (Å²) in [5, 5.41) is 13.2. The predicted octanol–water partition coefficient (Wildman–Crippen LogP) is 0.750. The van der Waals surface area contributed by atoms with Gasteiger partial charge in [0.05, 0.1) is 5.69 Å². The molecule has 0 saturated carbocycles. The Morgan fingerprint density at radius 1 is 1.33 bits per heavy atom. The Morgan fingerprint density at radius 3 is 2.81 bits per heavy atom. The summed E-state index contributed by atoms with van der Waals surface area (Å²) in [6, 6.07) is 2.58. The van der Waals surface area contributed by atoms with Gasteiger partial charge in [-0.15, -0.1) is 0 Å². The van der Waals surface area contributed by atoms with Gasteiger partial charge in [0.15, 0.2) is 0 Å². The normalized spacial score (nSPS) is 13.3. The van der Waals surface area contributed by atoms with Gasteiger partial charge in [0.2, 0.25) is 11.8 Å². The minimum atomic E-state index is -1.20. The third kappa shape index (κ3) is 3.99. The number of aliphatic carboxylic acids is 1. The number of rotatable bonds is 5. The van der Waals surface area contributed by atoms with Gasteiger partial charge in [-0.1, -0.05) is 0 Å². The summed E-state index contributed by atoms with van der Waals surface area (Å²) in [5.41, 5.74) is 1.02. The van der Waals surface area contributed by atoms with Crippen molar-refractivity contribution in [2.45, 2.75) is 12.8 Å². The summed E-state index contributed by atoms with van der Waals surface area (Å²) < 4.78 is 18.4. The zero-order valence-corrected chi connectivity index (χ0v) is 10.9. The quantitative estimate of drug-likeness (QED) is 0.743. The average molecular weight is 296 g/mol. The van der Waals surface area contributed by atoms with Crippen molar-refractivity contribution in [2.75, 3.05) is 23.8 Å². The fourth-order valence-corrected chi connectivity index (χ4v) is 1.91. The third-order valence-corrected chi connectivity index (χ3v) is 2.82. The fourth-order valence-electron chi connectivity index (χ4n) is 1.91. The van der Waals surface area contributed by atoms with E-state index in [1.807, 2.05) is 0 Å². The minimum absolute atomic E-state index is 0.0973. The Labute approximate surface area is 119 Å². The number of ether oxygens (including phenoxy) is 1. The van der Waals surface area contributed by atoms with E-state index in [-0.39, 0.29) is 11.6 Å². The number of carboxylic acid groups (broad SMARTS) is 1. The van der Waals surface area contributed by atoms with Crippen LogP contribution in [0.25, 0.3) is 0 Å². The van der Waals surface area contributed by atoms with Crippen LogP contribution in [-0.4, -0.2) is 36.1 Å². The highest BCUT2D eigenvalue weighted by Gasteiger charge is 2.18. The Bertz CT molecular complexity index is 602. The molecule has 21 heavy (non-hydrogen) atoms. The highest BCUT2D eigenvalue weighted by molar-refractivity contribution is 5.96. The number of halogens is 1. The molecule has 0 unspecified atom stereocenters. The molecule has 2 rings (SSSR count). The van der Waals surface area contributed by atoms with Crippen molar-refractivity contribution < 1.29 is 28.6 Å². The maximum absolute atomic E-state index is 13.8. The van der Waals surface area contributed by atoms with Gasteiger partial charge in [-0.2, -0.15) is 0 Å². The van der Waals surface area contributed by atoms with Crippen LogP contribution >= 0.6 is 0 Å². The molecule has 0 spiro atoms. The topological polar surface area (TPSA) is 105 Å². The van der Waals surface area contributed by atoms with E-state index in [0.717, 1.165) is 0 Å². The second-order valence-electron chi connectivity index (χ2n) is 4.47. The molecular weight excluding hydrogens is 283 g/mol. The molecule has 0 atom stereocenters. The van der Waals surface area contributed by atoms with Gasteiger partial charge in [0.1, 0.15) is 19.0 Å². The van der Waals surface area contributed by atoms with E-state index in [4.69, 9.17) is 5.11 Å². The van der Waals surface area contributed by atoms with E-state index >= 15 is 0 Å². The van der Waals surface area contributed by atoms with E-state index in [1.165, 1.54) is 12.1 Å². The van der Waals surface area contributed by atoms with Crippen molar-refractivity contribution in [3.05, 3.63) is 23.5 Å². The van der Waals surface area contributed by atoms with Crippen molar-refractivity contribution in [3.8, 4) is 0 Å². The first-order chi connectivity index (χ1) is 9.95. The van der Waals surface area contributed by atoms with E-state index in [2.05, 4.69) is 15.4 Å². The number of fused-ring (bicyclic) bond motifs is 1. The first-order valence-corrected chi connectivity index (χ1v) is 6.17. The van der Waals surface area contributed by atoms with Crippen LogP contribution < -0.4 is 10.6 Å². The molecule has 0 aromatic heterocycles. The molecule has 1 aliphatic rings. The van der Waals surface area contributed by atoms with Crippen molar-refractivity contribution >= 4 is 29.2 Å². The molecule has 3 N–H and O–H groups in total. The maximum Gasteiger partial charge on any atom is 0.329 e. The summed E-state index contributed by atoms with van der Waals surface area (Å²) >= 11 is 0. The molecule has 8 heteroatoms. The van der Waals surface area contributed by atoms with Crippen molar-refractivity contribution in [1.29, 1.82) is 0 Å². The zero-order valence-electron chi connectivity index (χ0n) is 10.9. The molecule has 0 bridgehead atoms. The van der Waals surface area contributed by atoms with Crippen molar-refractivity contribution in [2.24, 2.45) is 0 Å². The van der Waals surface area contributed by atoms with Gasteiger partial charge in [-0.05, 0) is 24.1 Å². The number of benzene rings is 1. The molecular formula is C13H13FN2O5. The first kappa shape index (κ1) is 14.9. The maximum atomic E-state index is 13.8. The van der Waals surface area contributed by atoms with Gasteiger partial charge in [0, 0.05) is 12.1 Å². The van der Waals surface area contributed by atoms with E-state index < -0.39 is 30.9 Å². The second-order valence-corrected chi connectivity index (χ2v) is 4.47. The highest BCUT2D eigenvalue weighted by Crippen LogP contribution is 2.28. The van der Waals surface area contributed by atoms with E-state index in [1.54, 1.807) is 0 Å². The Kier molecular flexibility index (Phi) is 4.49. The Morgan fingerprint density at radius 2 is 2.10 bits per heavy atom. The molecule has 112 valence electrons. The molecule has 0 aliphatic carbocycles. The first-order valence-electron chi connectivity index (χ1n) is 6.17. The van der Waals surface area contributed by atoms with Crippen LogP contribution in [0.2, 0.25) is 0 Å². The summed E-state index contributed by atoms with van der Waals surface area (Å²) in [4.78, 5) is 33.0. The summed E-state index contributed by atoms with van der Waals surface area (Å²) in [6.07, 6.45) is 0.731. The number of nitrogens with one attached hydrogen (secondary N) is 2. The van der Waals surface area contributed by atoms with Gasteiger partial charge in [-0.3, -0.25) is 9.59 Å². The summed E-state index contributed by atoms with van der Waals surface area (Å²) in [7, 11) is 0. The number of aryl methyl sites for hydroxylation is 1. The van der Waals surface area contributed by atoms with Gasteiger partial charge < -0.3 is 20.5 Å². The number of carbonyl (C=O) groups excluding carboxylic acids is 2. The van der Waals surface area contributed by atoms with E-state index in [9.17, 15) is 18.8 Å². The lowest BCUT2D eigenvalue weighted by molar-refractivity contribution is -0.143. The lowest BCUT2D eigenvalue weighted by Crippen LogP contribution is -2.23. The van der Waals surface area contributed by atoms with Crippen molar-refractivity contribution in [1.82, 2.24) is 0 Å². The largest absolute Gasteiger partial charge is 0.480 e. The lowest BCUT2D eigenvalue weighted by atomic mass is 10.0. The second kappa shape index (κ2) is 6.31. The van der Waals surface area contributed by atoms with Gasteiger partial charge >= 0.3 is 5.97 Å². The fraction of sp³-hybridized carbons (Fsp3) is 0.308. The zero-order chi connectivity index (χ0) is 15.4. The number of hydrogen-bond donors (Lipinski definition) is 3. The molecule has 1 aliphatic heterocycles. The van der Waals surface area contributed by atoms with Crippen LogP contribution in [0.3, 0.4) is 0 Å². The minimum Gasteiger partial charge on any atom is -0.480 e. The summed E-state index contributed by atoms with van der Waals surface area (Å²) in [6.45, 7) is -1.12. The molecule has 1 heterocycles. The molecule has 2 amide bonds. The third-order valence-electron chi connectivity index (χ3n) is 2.82. The number of carboxylic acids is 1. The predicted molar refractivity (Wildman–Crippen MR) is 70.4 cm³/mol. The molecule has 1 aromatic carbocycles. The molecule has 7 nitrogen and oxygen atoms in total. The highest BCUT2D eigenvalue weighted by atomic mass is 19.1. The average Bonchev–Trinajstić information content (AvgIpc) is 2.39. The number of anilines is 2. The Hall–Kier alpha value is -2.48. The lowest BCUT2D eigenvalue weighted by Gasteiger charge is -2.18. The molecule has 0 fully saturated rings. The van der Waals surface area contributed by atoms with Crippen LogP contribution in [-0.2, 0) is 25.5 Å². The number of amides is 2. The van der Waals surface area contributed by atoms with Gasteiger partial charge in [-0.25, -0.2) is 9.18 Å². The van der Waals surface area contributed by atoms with Crippen LogP contribution in [0.4, 0.5) is 15.8 Å².